The van der Waals surface area contributed by atoms with Crippen molar-refractivity contribution in [2.24, 2.45) is 5.92 Å². The van der Waals surface area contributed by atoms with Crippen molar-refractivity contribution in [2.45, 2.75) is 70.6 Å². The van der Waals surface area contributed by atoms with Gasteiger partial charge in [0, 0.05) is 0 Å². The normalized spacial score (nSPS) is 18.6. The Labute approximate surface area is 90.5 Å². The number of unbranched alkanes of at least 4 members (excludes halogenated alkanes) is 5. The van der Waals surface area contributed by atoms with Gasteiger partial charge in [-0.3, -0.25) is 0 Å². The smallest absolute Gasteiger partial charge is 0.0355 e. The third kappa shape index (κ3) is 5.67. The molecule has 0 bridgehead atoms. The highest BCUT2D eigenvalue weighted by Gasteiger charge is 2.12. The Kier molecular flexibility index (Phi) is 7.17. The molecule has 14 heavy (non-hydrogen) atoms. The van der Waals surface area contributed by atoms with Crippen molar-refractivity contribution in [3.63, 3.8) is 0 Å². The lowest BCUT2D eigenvalue weighted by molar-refractivity contribution is 0.387. The Morgan fingerprint density at radius 3 is 2.36 bits per heavy atom. The Balaban J connectivity index is 1.82. The van der Waals surface area contributed by atoms with Crippen LogP contribution in [-0.2, 0) is 0 Å². The average Bonchev–Trinajstić information content (AvgIpc) is 2.25. The van der Waals surface area contributed by atoms with Gasteiger partial charge in [0.25, 0.3) is 0 Å². The Hall–Kier alpha value is 0. The van der Waals surface area contributed by atoms with Crippen molar-refractivity contribution < 1.29 is 0 Å². The molecule has 1 aliphatic carbocycles. The molecule has 1 rings (SSSR count). The molecule has 0 unspecified atom stereocenters. The van der Waals surface area contributed by atoms with Gasteiger partial charge in [-0.25, -0.2) is 0 Å². The summed E-state index contributed by atoms with van der Waals surface area (Å²) >= 11 is 0. The molecule has 0 heteroatoms. The summed E-state index contributed by atoms with van der Waals surface area (Å²) in [4.78, 5) is 0. The van der Waals surface area contributed by atoms with Crippen LogP contribution in [0.25, 0.3) is 0 Å². The van der Waals surface area contributed by atoms with Crippen molar-refractivity contribution in [2.75, 3.05) is 0 Å². The molecule has 1 fully saturated rings. The minimum absolute atomic E-state index is 0.969. The van der Waals surface area contributed by atoms with Gasteiger partial charge >= 0.3 is 0 Å². The maximum atomic E-state index is 3.87. The zero-order chi connectivity index (χ0) is 10.1. The predicted octanol–water partition coefficient (Wildman–Crippen LogP) is 4.95. The van der Waals surface area contributed by atoms with Gasteiger partial charge < -0.3 is 0 Å². The van der Waals surface area contributed by atoms with Crippen LogP contribution in [0.15, 0.2) is 0 Å². The van der Waals surface area contributed by atoms with E-state index >= 15 is 0 Å². The van der Waals surface area contributed by atoms with Crippen LogP contribution >= 0.6 is 0 Å². The summed E-state index contributed by atoms with van der Waals surface area (Å²) in [5.74, 6) is 0.969. The van der Waals surface area contributed by atoms with Gasteiger partial charge in [-0.15, -0.1) is 0 Å². The molecule has 0 aromatic heterocycles. The second-order valence-corrected chi connectivity index (χ2v) is 4.69. The maximum absolute atomic E-state index is 3.87. The van der Waals surface area contributed by atoms with Gasteiger partial charge in [-0.05, 0) is 18.8 Å². The molecule has 0 amide bonds. The molecule has 0 N–H and O–H groups in total. The van der Waals surface area contributed by atoms with E-state index < -0.39 is 0 Å². The van der Waals surface area contributed by atoms with E-state index in [9.17, 15) is 0 Å². The molecule has 0 spiro atoms. The van der Waals surface area contributed by atoms with Gasteiger partial charge in [0.2, 0.25) is 0 Å². The standard InChI is InChI=1S/C14H26/c1-2-3-4-5-6-8-11-14-12-9-7-10-13-14/h11,14H,1-10,12-13H2. The Morgan fingerprint density at radius 2 is 1.64 bits per heavy atom. The molecule has 0 heterocycles. The first-order chi connectivity index (χ1) is 6.93. The molecule has 0 aromatic carbocycles. The lowest BCUT2D eigenvalue weighted by Crippen LogP contribution is -2.06. The molecule has 0 aromatic rings. The highest BCUT2D eigenvalue weighted by molar-refractivity contribution is 4.78. The highest BCUT2D eigenvalue weighted by atomic mass is 14.2. The molecular formula is C14H26. The van der Waals surface area contributed by atoms with E-state index in [0.717, 1.165) is 12.3 Å². The number of hydrogen-bond donors (Lipinski definition) is 0. The van der Waals surface area contributed by atoms with Crippen molar-refractivity contribution in [1.29, 1.82) is 0 Å². The Morgan fingerprint density at radius 1 is 0.929 bits per heavy atom. The zero-order valence-corrected chi connectivity index (χ0v) is 9.64. The number of rotatable bonds is 7. The predicted molar refractivity (Wildman–Crippen MR) is 63.9 cm³/mol. The lowest BCUT2D eigenvalue weighted by atomic mass is 9.85. The molecule has 0 aliphatic heterocycles. The fraction of sp³-hybridized carbons (Fsp3) is 0.857. The first-order valence-electron chi connectivity index (χ1n) is 6.56. The summed E-state index contributed by atoms with van der Waals surface area (Å²) in [6.07, 6.45) is 18.0. The summed E-state index contributed by atoms with van der Waals surface area (Å²) in [6, 6.07) is 0. The fourth-order valence-electron chi connectivity index (χ4n) is 2.40. The maximum Gasteiger partial charge on any atom is -0.0355 e. The van der Waals surface area contributed by atoms with Crippen LogP contribution < -0.4 is 0 Å². The molecule has 0 atom stereocenters. The van der Waals surface area contributed by atoms with E-state index in [4.69, 9.17) is 0 Å². The quantitative estimate of drug-likeness (QED) is 0.503. The van der Waals surface area contributed by atoms with Gasteiger partial charge in [-0.2, -0.15) is 0 Å². The van der Waals surface area contributed by atoms with Gasteiger partial charge in [0.05, 0.1) is 0 Å². The topological polar surface area (TPSA) is 0 Å². The van der Waals surface area contributed by atoms with Crippen LogP contribution in [0, 0.1) is 19.3 Å². The largest absolute Gasteiger partial charge is 0.0533 e. The van der Waals surface area contributed by atoms with E-state index in [1.165, 1.54) is 64.2 Å². The van der Waals surface area contributed by atoms with Crippen molar-refractivity contribution >= 4 is 0 Å². The SMILES string of the molecule is [CH2]CCCCCC[CH]C1CCCCC1. The lowest BCUT2D eigenvalue weighted by Gasteiger charge is -2.20. The molecule has 1 aliphatic rings. The van der Waals surface area contributed by atoms with Crippen LogP contribution in [-0.4, -0.2) is 0 Å². The first-order valence-corrected chi connectivity index (χ1v) is 6.56. The van der Waals surface area contributed by atoms with E-state index in [1.807, 2.05) is 0 Å². The van der Waals surface area contributed by atoms with Crippen LogP contribution in [0.4, 0.5) is 0 Å². The van der Waals surface area contributed by atoms with Crippen molar-refractivity contribution in [3.8, 4) is 0 Å². The third-order valence-electron chi connectivity index (χ3n) is 3.35. The van der Waals surface area contributed by atoms with Crippen LogP contribution in [0.5, 0.6) is 0 Å². The Bertz CT molecular complexity index is 111. The van der Waals surface area contributed by atoms with Crippen LogP contribution in [0.2, 0.25) is 0 Å². The minimum atomic E-state index is 0.969. The molecular weight excluding hydrogens is 168 g/mol. The molecule has 82 valence electrons. The molecule has 1 saturated carbocycles. The van der Waals surface area contributed by atoms with E-state index in [2.05, 4.69) is 13.3 Å². The monoisotopic (exact) mass is 194 g/mol. The van der Waals surface area contributed by atoms with Gasteiger partial charge in [0.15, 0.2) is 0 Å². The van der Waals surface area contributed by atoms with E-state index in [0.29, 0.717) is 0 Å². The van der Waals surface area contributed by atoms with Gasteiger partial charge in [0.1, 0.15) is 0 Å². The fourth-order valence-corrected chi connectivity index (χ4v) is 2.40. The summed E-state index contributed by atoms with van der Waals surface area (Å²) in [6.45, 7) is 3.87. The summed E-state index contributed by atoms with van der Waals surface area (Å²) in [5, 5.41) is 0. The van der Waals surface area contributed by atoms with E-state index in [-0.39, 0.29) is 0 Å². The molecule has 0 nitrogen and oxygen atoms in total. The summed E-state index contributed by atoms with van der Waals surface area (Å²) in [7, 11) is 0. The summed E-state index contributed by atoms with van der Waals surface area (Å²) in [5.41, 5.74) is 0. The second kappa shape index (κ2) is 8.32. The second-order valence-electron chi connectivity index (χ2n) is 4.69. The van der Waals surface area contributed by atoms with Crippen molar-refractivity contribution in [1.82, 2.24) is 0 Å². The minimum Gasteiger partial charge on any atom is -0.0533 e. The van der Waals surface area contributed by atoms with Crippen LogP contribution in [0.1, 0.15) is 70.6 Å². The number of hydrogen-bond acceptors (Lipinski definition) is 0. The third-order valence-corrected chi connectivity index (χ3v) is 3.35. The average molecular weight is 194 g/mol. The van der Waals surface area contributed by atoms with Crippen molar-refractivity contribution in [3.05, 3.63) is 13.3 Å². The zero-order valence-electron chi connectivity index (χ0n) is 9.64. The van der Waals surface area contributed by atoms with E-state index in [1.54, 1.807) is 0 Å². The summed E-state index contributed by atoms with van der Waals surface area (Å²) < 4.78 is 0. The van der Waals surface area contributed by atoms with Crippen LogP contribution in [0.3, 0.4) is 0 Å². The molecule has 0 saturated heterocycles. The highest BCUT2D eigenvalue weighted by Crippen LogP contribution is 2.27. The van der Waals surface area contributed by atoms with Gasteiger partial charge in [-0.1, -0.05) is 71.1 Å². The first kappa shape index (κ1) is 12.1. The molecule has 2 radical (unpaired) electrons.